The van der Waals surface area contributed by atoms with Crippen molar-refractivity contribution in [3.63, 3.8) is 0 Å². The van der Waals surface area contributed by atoms with Gasteiger partial charge in [-0.2, -0.15) is 4.98 Å². The lowest BCUT2D eigenvalue weighted by Gasteiger charge is -2.40. The van der Waals surface area contributed by atoms with Crippen LogP contribution in [0.4, 0.5) is 17.3 Å². The Hall–Kier alpha value is -4.15. The van der Waals surface area contributed by atoms with Crippen molar-refractivity contribution in [3.05, 3.63) is 60.0 Å². The van der Waals surface area contributed by atoms with E-state index in [-0.39, 0.29) is 0 Å². The van der Waals surface area contributed by atoms with E-state index in [2.05, 4.69) is 61.6 Å². The van der Waals surface area contributed by atoms with Crippen molar-refractivity contribution in [3.8, 4) is 22.6 Å². The van der Waals surface area contributed by atoms with Gasteiger partial charge in [0.25, 0.3) is 0 Å². The van der Waals surface area contributed by atoms with E-state index in [9.17, 15) is 0 Å². The highest BCUT2D eigenvalue weighted by Crippen LogP contribution is 2.41. The lowest BCUT2D eigenvalue weighted by Crippen LogP contribution is -2.51. The van der Waals surface area contributed by atoms with E-state index in [4.69, 9.17) is 26.1 Å². The van der Waals surface area contributed by atoms with Crippen LogP contribution < -0.4 is 19.7 Å². The number of fused-ring (bicyclic) bond motifs is 5. The van der Waals surface area contributed by atoms with Crippen molar-refractivity contribution < 1.29 is 9.47 Å². The first-order chi connectivity index (χ1) is 19.5. The second-order valence-corrected chi connectivity index (χ2v) is 10.8. The fourth-order valence-electron chi connectivity index (χ4n) is 5.97. The summed E-state index contributed by atoms with van der Waals surface area (Å²) in [6, 6.07) is 15.4. The summed E-state index contributed by atoms with van der Waals surface area (Å²) in [5.74, 6) is 1.62. The number of pyridine rings is 1. The van der Waals surface area contributed by atoms with Crippen LogP contribution in [0, 0.1) is 0 Å². The highest BCUT2D eigenvalue weighted by molar-refractivity contribution is 6.35. The third-order valence-corrected chi connectivity index (χ3v) is 8.60. The standard InChI is InChI=1S/C29H29ClN8O2/c1-36-20-8-9-21(36)15-37(14-20)19-6-4-18(5-7-19)33-29-31-13-17-10-24(28-35-32-16-38(28)27(17)34-29)23-11-22(39-2)12-25(40-3)26(23)30/h4-7,10-13,16,20-21H,8-9,14-15H2,1-3H3,(H,31,33,34). The molecule has 0 aliphatic carbocycles. The molecule has 5 heterocycles. The molecule has 2 bridgehead atoms. The monoisotopic (exact) mass is 556 g/mol. The van der Waals surface area contributed by atoms with Crippen LogP contribution in [0.25, 0.3) is 27.8 Å². The third kappa shape index (κ3) is 4.15. The van der Waals surface area contributed by atoms with Crippen LogP contribution >= 0.6 is 11.6 Å². The molecule has 5 aromatic rings. The van der Waals surface area contributed by atoms with Gasteiger partial charge in [-0.3, -0.25) is 9.30 Å². The number of piperazine rings is 1. The summed E-state index contributed by atoms with van der Waals surface area (Å²) >= 11 is 6.71. The van der Waals surface area contributed by atoms with Crippen LogP contribution in [0.15, 0.2) is 55.0 Å². The van der Waals surface area contributed by atoms with Crippen molar-refractivity contribution in [2.45, 2.75) is 24.9 Å². The SMILES string of the molecule is COc1cc(OC)c(Cl)c(-c2cc3cnc(Nc4ccc(N5CC6CCC(C5)N6C)cc4)nc3n3cnnc23)c1. The van der Waals surface area contributed by atoms with Crippen LogP contribution in [0.3, 0.4) is 0 Å². The van der Waals surface area contributed by atoms with Crippen LogP contribution in [-0.4, -0.2) is 75.9 Å². The molecule has 2 fully saturated rings. The van der Waals surface area contributed by atoms with Gasteiger partial charge in [0.1, 0.15) is 17.8 Å². The number of halogens is 1. The molecule has 2 atom stereocenters. The van der Waals surface area contributed by atoms with Gasteiger partial charge in [0.15, 0.2) is 11.3 Å². The summed E-state index contributed by atoms with van der Waals surface area (Å²) < 4.78 is 12.8. The number of benzene rings is 2. The Morgan fingerprint density at radius 1 is 0.950 bits per heavy atom. The van der Waals surface area contributed by atoms with Gasteiger partial charge in [0.05, 0.1) is 19.2 Å². The number of likely N-dealkylation sites (N-methyl/N-ethyl adjacent to an activating group) is 1. The zero-order valence-corrected chi connectivity index (χ0v) is 23.3. The molecule has 0 radical (unpaired) electrons. The molecule has 2 saturated heterocycles. The van der Waals surface area contributed by atoms with Gasteiger partial charge < -0.3 is 19.7 Å². The first-order valence-electron chi connectivity index (χ1n) is 13.3. The molecule has 2 aliphatic rings. The van der Waals surface area contributed by atoms with Gasteiger partial charge >= 0.3 is 0 Å². The second kappa shape index (κ2) is 9.79. The minimum atomic E-state index is 0.458. The van der Waals surface area contributed by atoms with Gasteiger partial charge in [0.2, 0.25) is 5.95 Å². The molecule has 2 aromatic carbocycles. The quantitative estimate of drug-likeness (QED) is 0.309. The smallest absolute Gasteiger partial charge is 0.229 e. The Morgan fingerprint density at radius 3 is 2.45 bits per heavy atom. The number of hydrogen-bond donors (Lipinski definition) is 1. The summed E-state index contributed by atoms with van der Waals surface area (Å²) in [5, 5.41) is 13.1. The molecule has 1 N–H and O–H groups in total. The normalized spacial score (nSPS) is 18.9. The van der Waals surface area contributed by atoms with E-state index >= 15 is 0 Å². The maximum Gasteiger partial charge on any atom is 0.229 e. The van der Waals surface area contributed by atoms with Crippen LogP contribution in [-0.2, 0) is 0 Å². The Morgan fingerprint density at radius 2 is 1.73 bits per heavy atom. The first-order valence-corrected chi connectivity index (χ1v) is 13.7. The van der Waals surface area contributed by atoms with E-state index in [1.54, 1.807) is 32.8 Å². The van der Waals surface area contributed by atoms with E-state index in [1.807, 2.05) is 16.5 Å². The molecule has 40 heavy (non-hydrogen) atoms. The maximum absolute atomic E-state index is 6.71. The van der Waals surface area contributed by atoms with Crippen molar-refractivity contribution >= 4 is 45.6 Å². The number of rotatable bonds is 6. The lowest BCUT2D eigenvalue weighted by molar-refractivity contribution is 0.212. The molecule has 7 rings (SSSR count). The molecular weight excluding hydrogens is 528 g/mol. The molecule has 10 nitrogen and oxygen atoms in total. The number of nitrogens with zero attached hydrogens (tertiary/aromatic N) is 7. The first kappa shape index (κ1) is 24.9. The minimum Gasteiger partial charge on any atom is -0.497 e. The number of hydrogen-bond acceptors (Lipinski definition) is 9. The summed E-state index contributed by atoms with van der Waals surface area (Å²) in [4.78, 5) is 14.4. The highest BCUT2D eigenvalue weighted by Gasteiger charge is 2.37. The van der Waals surface area contributed by atoms with E-state index < -0.39 is 0 Å². The topological polar surface area (TPSA) is 92.9 Å². The van der Waals surface area contributed by atoms with Crippen LogP contribution in [0.2, 0.25) is 5.02 Å². The fraction of sp³-hybridized carbons (Fsp3) is 0.310. The van der Waals surface area contributed by atoms with Gasteiger partial charge in [-0.25, -0.2) is 4.98 Å². The van der Waals surface area contributed by atoms with Crippen molar-refractivity contribution in [2.75, 3.05) is 44.6 Å². The Balaban J connectivity index is 1.19. The van der Waals surface area contributed by atoms with Crippen LogP contribution in [0.5, 0.6) is 11.5 Å². The predicted octanol–water partition coefficient (Wildman–Crippen LogP) is 5.04. The number of nitrogens with one attached hydrogen (secondary N) is 1. The number of methoxy groups -OCH3 is 2. The van der Waals surface area contributed by atoms with Gasteiger partial charge in [-0.05, 0) is 56.3 Å². The van der Waals surface area contributed by atoms with Crippen molar-refractivity contribution in [2.24, 2.45) is 0 Å². The largest absolute Gasteiger partial charge is 0.497 e. The number of anilines is 3. The molecule has 3 aromatic heterocycles. The van der Waals surface area contributed by atoms with Gasteiger partial charge in [-0.1, -0.05) is 11.6 Å². The second-order valence-electron chi connectivity index (χ2n) is 10.4. The molecule has 0 amide bonds. The van der Waals surface area contributed by atoms with Crippen molar-refractivity contribution in [1.82, 2.24) is 29.5 Å². The Kier molecular flexibility index (Phi) is 6.09. The molecule has 2 unspecified atom stereocenters. The molecular formula is C29H29ClN8O2. The molecule has 0 saturated carbocycles. The Labute approximate surface area is 236 Å². The maximum atomic E-state index is 6.71. The van der Waals surface area contributed by atoms with Crippen molar-refractivity contribution in [1.29, 1.82) is 0 Å². The van der Waals surface area contributed by atoms with Crippen LogP contribution in [0.1, 0.15) is 12.8 Å². The Bertz CT molecular complexity index is 1710. The summed E-state index contributed by atoms with van der Waals surface area (Å²) in [7, 11) is 5.43. The van der Waals surface area contributed by atoms with E-state index in [0.717, 1.165) is 29.7 Å². The molecule has 11 heteroatoms. The average molecular weight is 557 g/mol. The number of ether oxygens (including phenoxy) is 2. The average Bonchev–Trinajstić information content (AvgIpc) is 3.53. The summed E-state index contributed by atoms with van der Waals surface area (Å²) in [5.41, 5.74) is 4.95. The zero-order chi connectivity index (χ0) is 27.4. The third-order valence-electron chi connectivity index (χ3n) is 8.21. The van der Waals surface area contributed by atoms with Gasteiger partial charge in [0, 0.05) is 65.3 Å². The lowest BCUT2D eigenvalue weighted by atomic mass is 10.0. The number of aromatic nitrogens is 5. The van der Waals surface area contributed by atoms with E-state index in [0.29, 0.717) is 51.4 Å². The molecule has 204 valence electrons. The molecule has 2 aliphatic heterocycles. The summed E-state index contributed by atoms with van der Waals surface area (Å²) in [6.45, 7) is 2.16. The highest BCUT2D eigenvalue weighted by atomic mass is 35.5. The van der Waals surface area contributed by atoms with Gasteiger partial charge in [-0.15, -0.1) is 10.2 Å². The predicted molar refractivity (Wildman–Crippen MR) is 156 cm³/mol. The minimum absolute atomic E-state index is 0.458. The summed E-state index contributed by atoms with van der Waals surface area (Å²) in [6.07, 6.45) is 6.01. The molecule has 0 spiro atoms. The zero-order valence-electron chi connectivity index (χ0n) is 22.5. The van der Waals surface area contributed by atoms with E-state index in [1.165, 1.54) is 18.5 Å². The fourth-order valence-corrected chi connectivity index (χ4v) is 6.26.